The standard InChI is InChI=1S/C40H35N7O/c1-30-36(28-47(43-30)40(32-11-5-2-6-12-32,33-13-7-3-8-14-33)34-15-9-4-10-16-34)31-17-18-37-35(27-31)38(19-20-42-37)44-23-25-45(26-24-44)39(48)46-22-21-41-29-46/h2-22,27-29H,23-26H2,1H3. The third kappa shape index (κ3) is 5.02. The number of hydrogen-bond donors (Lipinski definition) is 0. The lowest BCUT2D eigenvalue weighted by Gasteiger charge is -2.36. The third-order valence-electron chi connectivity index (χ3n) is 9.46. The lowest BCUT2D eigenvalue weighted by molar-refractivity contribution is 0.196. The van der Waals surface area contributed by atoms with Gasteiger partial charge < -0.3 is 9.80 Å². The summed E-state index contributed by atoms with van der Waals surface area (Å²) in [6, 6.07) is 40.4. The molecule has 236 valence electrons. The molecule has 8 nitrogen and oxygen atoms in total. The monoisotopic (exact) mass is 629 g/mol. The highest BCUT2D eigenvalue weighted by Gasteiger charge is 2.39. The quantitative estimate of drug-likeness (QED) is 0.182. The molecule has 1 aliphatic rings. The van der Waals surface area contributed by atoms with Crippen LogP contribution in [0.4, 0.5) is 10.5 Å². The van der Waals surface area contributed by atoms with Crippen LogP contribution in [0.25, 0.3) is 22.0 Å². The van der Waals surface area contributed by atoms with Gasteiger partial charge in [0.2, 0.25) is 0 Å². The predicted molar refractivity (Wildman–Crippen MR) is 189 cm³/mol. The van der Waals surface area contributed by atoms with Crippen molar-refractivity contribution in [3.05, 3.63) is 169 Å². The number of piperazine rings is 1. The molecule has 1 saturated heterocycles. The fourth-order valence-corrected chi connectivity index (χ4v) is 7.10. The van der Waals surface area contributed by atoms with E-state index in [0.29, 0.717) is 13.1 Å². The number of benzene rings is 4. The van der Waals surface area contributed by atoms with Crippen molar-refractivity contribution in [3.63, 3.8) is 0 Å². The van der Waals surface area contributed by atoms with Gasteiger partial charge in [0, 0.05) is 67.6 Å². The van der Waals surface area contributed by atoms with Crippen LogP contribution in [0.5, 0.6) is 0 Å². The van der Waals surface area contributed by atoms with Crippen LogP contribution in [0.1, 0.15) is 22.4 Å². The number of rotatable bonds is 6. The number of carbonyl (C=O) groups is 1. The molecular weight excluding hydrogens is 594 g/mol. The second-order valence-electron chi connectivity index (χ2n) is 12.2. The van der Waals surface area contributed by atoms with Crippen LogP contribution >= 0.6 is 0 Å². The van der Waals surface area contributed by atoms with Crippen LogP contribution < -0.4 is 4.90 Å². The largest absolute Gasteiger partial charge is 0.367 e. The zero-order chi connectivity index (χ0) is 32.5. The van der Waals surface area contributed by atoms with E-state index in [2.05, 4.69) is 143 Å². The molecule has 8 rings (SSSR count). The number of pyridine rings is 1. The van der Waals surface area contributed by atoms with E-state index in [1.54, 1.807) is 18.7 Å². The van der Waals surface area contributed by atoms with Crippen molar-refractivity contribution < 1.29 is 4.79 Å². The summed E-state index contributed by atoms with van der Waals surface area (Å²) in [5.74, 6) is 0. The highest BCUT2D eigenvalue weighted by Crippen LogP contribution is 2.42. The van der Waals surface area contributed by atoms with Crippen LogP contribution in [0, 0.1) is 6.92 Å². The lowest BCUT2D eigenvalue weighted by Crippen LogP contribution is -2.49. The molecule has 1 amide bonds. The van der Waals surface area contributed by atoms with E-state index < -0.39 is 5.54 Å². The molecule has 8 heteroatoms. The number of fused-ring (bicyclic) bond motifs is 1. The number of aromatic nitrogens is 5. The minimum absolute atomic E-state index is 0.0425. The van der Waals surface area contributed by atoms with Crippen molar-refractivity contribution in [2.75, 3.05) is 31.1 Å². The van der Waals surface area contributed by atoms with Crippen LogP contribution in [-0.4, -0.2) is 61.4 Å². The van der Waals surface area contributed by atoms with E-state index in [-0.39, 0.29) is 6.03 Å². The molecule has 4 aromatic carbocycles. The van der Waals surface area contributed by atoms with Gasteiger partial charge in [-0.1, -0.05) is 97.1 Å². The molecule has 1 fully saturated rings. The molecule has 0 aliphatic carbocycles. The van der Waals surface area contributed by atoms with Crippen molar-refractivity contribution in [2.45, 2.75) is 12.5 Å². The Labute approximate surface area is 279 Å². The Bertz CT molecular complexity index is 2070. The highest BCUT2D eigenvalue weighted by molar-refractivity contribution is 5.95. The van der Waals surface area contributed by atoms with E-state index >= 15 is 0 Å². The summed E-state index contributed by atoms with van der Waals surface area (Å²) < 4.78 is 3.68. The van der Waals surface area contributed by atoms with Crippen LogP contribution in [0.2, 0.25) is 0 Å². The first-order valence-corrected chi connectivity index (χ1v) is 16.3. The van der Waals surface area contributed by atoms with Gasteiger partial charge in [0.05, 0.1) is 11.2 Å². The van der Waals surface area contributed by atoms with Crippen molar-refractivity contribution in [2.24, 2.45) is 0 Å². The molecule has 0 atom stereocenters. The zero-order valence-electron chi connectivity index (χ0n) is 26.7. The van der Waals surface area contributed by atoms with E-state index in [4.69, 9.17) is 10.1 Å². The van der Waals surface area contributed by atoms with Gasteiger partial charge in [0.1, 0.15) is 11.9 Å². The van der Waals surface area contributed by atoms with Gasteiger partial charge in [-0.2, -0.15) is 5.10 Å². The molecular formula is C40H35N7O. The maximum Gasteiger partial charge on any atom is 0.329 e. The molecule has 0 unspecified atom stereocenters. The van der Waals surface area contributed by atoms with Gasteiger partial charge in [-0.05, 0) is 47.4 Å². The number of aryl methyl sites for hydroxylation is 1. The SMILES string of the molecule is Cc1nn(C(c2ccccc2)(c2ccccc2)c2ccccc2)cc1-c1ccc2nccc(N3CCN(C(=O)n4ccnc4)CC3)c2c1. The Kier molecular flexibility index (Phi) is 7.53. The Hall–Kier alpha value is -6.02. The summed E-state index contributed by atoms with van der Waals surface area (Å²) in [7, 11) is 0. The Balaban J connectivity index is 1.20. The van der Waals surface area contributed by atoms with Crippen LogP contribution in [0.3, 0.4) is 0 Å². The normalized spacial score (nSPS) is 13.6. The van der Waals surface area contributed by atoms with Gasteiger partial charge >= 0.3 is 6.03 Å². The van der Waals surface area contributed by atoms with Crippen molar-refractivity contribution >= 4 is 22.6 Å². The molecule has 4 heterocycles. The average Bonchev–Trinajstić information content (AvgIpc) is 3.83. The van der Waals surface area contributed by atoms with E-state index in [1.165, 1.54) is 4.57 Å². The second-order valence-corrected chi connectivity index (χ2v) is 12.2. The zero-order valence-corrected chi connectivity index (χ0v) is 26.7. The summed E-state index contributed by atoms with van der Waals surface area (Å²) in [5.41, 5.74) is 7.85. The molecule has 0 bridgehead atoms. The molecule has 3 aromatic heterocycles. The third-order valence-corrected chi connectivity index (χ3v) is 9.46. The second kappa shape index (κ2) is 12.3. The summed E-state index contributed by atoms with van der Waals surface area (Å²) in [4.78, 5) is 25.9. The van der Waals surface area contributed by atoms with Crippen molar-refractivity contribution in [1.82, 2.24) is 29.2 Å². The summed E-state index contributed by atoms with van der Waals surface area (Å²) in [6.07, 6.45) is 8.95. The fraction of sp³-hybridized carbons (Fsp3) is 0.150. The highest BCUT2D eigenvalue weighted by atomic mass is 16.2. The van der Waals surface area contributed by atoms with Crippen molar-refractivity contribution in [3.8, 4) is 11.1 Å². The average molecular weight is 630 g/mol. The Morgan fingerprint density at radius 1 is 0.729 bits per heavy atom. The minimum atomic E-state index is -0.690. The number of anilines is 1. The smallest absolute Gasteiger partial charge is 0.329 e. The number of nitrogens with zero attached hydrogens (tertiary/aromatic N) is 7. The molecule has 0 spiro atoms. The molecule has 0 saturated carbocycles. The van der Waals surface area contributed by atoms with Crippen molar-refractivity contribution in [1.29, 1.82) is 0 Å². The molecule has 1 aliphatic heterocycles. The van der Waals surface area contributed by atoms with Gasteiger partial charge in [-0.3, -0.25) is 14.2 Å². The number of hydrogen-bond acceptors (Lipinski definition) is 5. The molecule has 0 N–H and O–H groups in total. The summed E-state index contributed by atoms with van der Waals surface area (Å²) in [5, 5.41) is 6.35. The Morgan fingerprint density at radius 2 is 1.35 bits per heavy atom. The van der Waals surface area contributed by atoms with Gasteiger partial charge in [0.25, 0.3) is 0 Å². The van der Waals surface area contributed by atoms with E-state index in [0.717, 1.165) is 63.2 Å². The lowest BCUT2D eigenvalue weighted by atomic mass is 9.77. The first kappa shape index (κ1) is 29.4. The van der Waals surface area contributed by atoms with E-state index in [9.17, 15) is 4.79 Å². The van der Waals surface area contributed by atoms with Gasteiger partial charge in [0.15, 0.2) is 0 Å². The number of imidazole rings is 1. The first-order valence-electron chi connectivity index (χ1n) is 16.3. The molecule has 7 aromatic rings. The first-order chi connectivity index (χ1) is 23.6. The summed E-state index contributed by atoms with van der Waals surface area (Å²) in [6.45, 7) is 4.81. The minimum Gasteiger partial charge on any atom is -0.367 e. The number of amides is 1. The fourth-order valence-electron chi connectivity index (χ4n) is 7.10. The topological polar surface area (TPSA) is 72.1 Å². The predicted octanol–water partition coefficient (Wildman–Crippen LogP) is 7.23. The molecule has 48 heavy (non-hydrogen) atoms. The maximum absolute atomic E-state index is 12.9. The van der Waals surface area contributed by atoms with Gasteiger partial charge in [-0.25, -0.2) is 9.78 Å². The van der Waals surface area contributed by atoms with Gasteiger partial charge in [-0.15, -0.1) is 0 Å². The summed E-state index contributed by atoms with van der Waals surface area (Å²) >= 11 is 0. The maximum atomic E-state index is 12.9. The van der Waals surface area contributed by atoms with Crippen LogP contribution in [0.15, 0.2) is 146 Å². The Morgan fingerprint density at radius 3 is 1.94 bits per heavy atom. The molecule has 0 radical (unpaired) electrons. The van der Waals surface area contributed by atoms with E-state index in [1.807, 2.05) is 11.1 Å². The van der Waals surface area contributed by atoms with Crippen LogP contribution in [-0.2, 0) is 5.54 Å². The number of carbonyl (C=O) groups excluding carboxylic acids is 1.